The van der Waals surface area contributed by atoms with Gasteiger partial charge in [0.05, 0.1) is 21.9 Å². The molecule has 30 heavy (non-hydrogen) atoms. The smallest absolute Gasteiger partial charge is 0.243 e. The summed E-state index contributed by atoms with van der Waals surface area (Å²) in [6, 6.07) is 4.57. The van der Waals surface area contributed by atoms with Crippen LogP contribution in [-0.2, 0) is 24.7 Å². The monoisotopic (exact) mass is 458 g/mol. The molecule has 11 heteroatoms. The highest BCUT2D eigenvalue weighted by molar-refractivity contribution is 7.91. The Bertz CT molecular complexity index is 1050. The molecule has 1 aromatic rings. The van der Waals surface area contributed by atoms with Crippen LogP contribution >= 0.6 is 0 Å². The van der Waals surface area contributed by atoms with Gasteiger partial charge in [-0.2, -0.15) is 4.31 Å². The van der Waals surface area contributed by atoms with E-state index in [1.165, 1.54) is 16.4 Å². The summed E-state index contributed by atoms with van der Waals surface area (Å²) >= 11 is 0. The van der Waals surface area contributed by atoms with Gasteiger partial charge in [0.15, 0.2) is 21.3 Å². The maximum absolute atomic E-state index is 13.0. The number of benzene rings is 1. The Labute approximate surface area is 176 Å². The van der Waals surface area contributed by atoms with E-state index in [1.54, 1.807) is 13.0 Å². The molecular formula is C19H26N2O7S2. The van der Waals surface area contributed by atoms with E-state index in [0.29, 0.717) is 44.0 Å². The summed E-state index contributed by atoms with van der Waals surface area (Å²) in [6.45, 7) is 3.00. The zero-order valence-corrected chi connectivity index (χ0v) is 18.4. The zero-order valence-electron chi connectivity index (χ0n) is 16.8. The summed E-state index contributed by atoms with van der Waals surface area (Å²) in [5, 5.41) is 2.88. The fraction of sp³-hybridized carbons (Fsp3) is 0.632. The Hall–Kier alpha value is -1.85. The zero-order chi connectivity index (χ0) is 21.6. The molecule has 9 nitrogen and oxygen atoms in total. The SMILES string of the molecule is C[C@]1(NC(=O)C2CCN(S(=O)(=O)c3ccc4c(c3)OCCO4)CC2)CCS(=O)(=O)C1. The van der Waals surface area contributed by atoms with Gasteiger partial charge in [-0.25, -0.2) is 16.8 Å². The van der Waals surface area contributed by atoms with Crippen LogP contribution in [0.3, 0.4) is 0 Å². The molecule has 3 heterocycles. The Morgan fingerprint density at radius 1 is 1.17 bits per heavy atom. The van der Waals surface area contributed by atoms with Gasteiger partial charge in [-0.05, 0) is 38.3 Å². The van der Waals surface area contributed by atoms with Crippen LogP contribution in [0.4, 0.5) is 0 Å². The third-order valence-corrected chi connectivity index (χ3v) is 9.70. The third-order valence-electron chi connectivity index (χ3n) is 5.90. The van der Waals surface area contributed by atoms with E-state index in [2.05, 4.69) is 5.32 Å². The number of piperidine rings is 1. The topological polar surface area (TPSA) is 119 Å². The predicted molar refractivity (Wildman–Crippen MR) is 109 cm³/mol. The van der Waals surface area contributed by atoms with Crippen LogP contribution < -0.4 is 14.8 Å². The Balaban J connectivity index is 1.38. The molecule has 0 saturated carbocycles. The number of nitrogens with zero attached hydrogens (tertiary/aromatic N) is 1. The number of sulfonamides is 1. The minimum Gasteiger partial charge on any atom is -0.486 e. The molecule has 166 valence electrons. The molecule has 4 rings (SSSR count). The number of amides is 1. The largest absolute Gasteiger partial charge is 0.486 e. The van der Waals surface area contributed by atoms with Crippen molar-refractivity contribution >= 4 is 25.8 Å². The van der Waals surface area contributed by atoms with Crippen molar-refractivity contribution in [2.75, 3.05) is 37.8 Å². The van der Waals surface area contributed by atoms with Crippen molar-refractivity contribution in [1.82, 2.24) is 9.62 Å². The van der Waals surface area contributed by atoms with Crippen LogP contribution in [0.1, 0.15) is 26.2 Å². The first-order valence-electron chi connectivity index (χ1n) is 10.0. The molecule has 0 unspecified atom stereocenters. The number of hydrogen-bond acceptors (Lipinski definition) is 7. The second-order valence-electron chi connectivity index (χ2n) is 8.38. The van der Waals surface area contributed by atoms with E-state index in [4.69, 9.17) is 9.47 Å². The lowest BCUT2D eigenvalue weighted by molar-refractivity contribution is -0.127. The second kappa shape index (κ2) is 7.69. The van der Waals surface area contributed by atoms with Crippen LogP contribution in [0.15, 0.2) is 23.1 Å². The van der Waals surface area contributed by atoms with Crippen molar-refractivity contribution < 1.29 is 31.1 Å². The number of carbonyl (C=O) groups excluding carboxylic acids is 1. The highest BCUT2D eigenvalue weighted by Crippen LogP contribution is 2.34. The molecule has 0 aliphatic carbocycles. The lowest BCUT2D eigenvalue weighted by Gasteiger charge is -2.33. The van der Waals surface area contributed by atoms with Crippen molar-refractivity contribution in [3.63, 3.8) is 0 Å². The summed E-state index contributed by atoms with van der Waals surface area (Å²) in [4.78, 5) is 12.8. The number of ether oxygens (including phenoxy) is 2. The van der Waals surface area contributed by atoms with E-state index in [9.17, 15) is 21.6 Å². The molecular weight excluding hydrogens is 432 g/mol. The number of hydrogen-bond donors (Lipinski definition) is 1. The van der Waals surface area contributed by atoms with Gasteiger partial charge < -0.3 is 14.8 Å². The first kappa shape index (κ1) is 21.4. The Morgan fingerprint density at radius 3 is 2.47 bits per heavy atom. The van der Waals surface area contributed by atoms with Gasteiger partial charge in [-0.15, -0.1) is 0 Å². The van der Waals surface area contributed by atoms with Crippen molar-refractivity contribution in [2.45, 2.75) is 36.6 Å². The number of rotatable bonds is 4. The van der Waals surface area contributed by atoms with E-state index in [-0.39, 0.29) is 41.3 Å². The van der Waals surface area contributed by atoms with Crippen molar-refractivity contribution in [1.29, 1.82) is 0 Å². The van der Waals surface area contributed by atoms with E-state index in [0.717, 1.165) is 0 Å². The van der Waals surface area contributed by atoms with Crippen molar-refractivity contribution in [3.05, 3.63) is 18.2 Å². The molecule has 1 aromatic carbocycles. The van der Waals surface area contributed by atoms with Gasteiger partial charge in [0.25, 0.3) is 0 Å². The fourth-order valence-electron chi connectivity index (χ4n) is 4.20. The number of nitrogens with one attached hydrogen (secondary N) is 1. The minimum absolute atomic E-state index is 0.0525. The Kier molecular flexibility index (Phi) is 5.48. The average molecular weight is 459 g/mol. The van der Waals surface area contributed by atoms with E-state index in [1.807, 2.05) is 0 Å². The second-order valence-corrected chi connectivity index (χ2v) is 12.5. The molecule has 1 amide bonds. The molecule has 0 aromatic heterocycles. The standard InChI is InChI=1S/C19H26N2O7S2/c1-19(6-11-29(23,24)13-19)20-18(22)14-4-7-21(8-5-14)30(25,26)15-2-3-16-17(12-15)28-10-9-27-16/h2-3,12,14H,4-11,13H2,1H3,(H,20,22)/t19-/m0/s1. The maximum Gasteiger partial charge on any atom is 0.243 e. The van der Waals surface area contributed by atoms with E-state index >= 15 is 0 Å². The molecule has 3 aliphatic rings. The van der Waals surface area contributed by atoms with Gasteiger partial charge >= 0.3 is 0 Å². The fourth-order valence-corrected chi connectivity index (χ4v) is 7.78. The quantitative estimate of drug-likeness (QED) is 0.700. The highest BCUT2D eigenvalue weighted by Gasteiger charge is 2.41. The first-order chi connectivity index (χ1) is 14.1. The van der Waals surface area contributed by atoms with E-state index < -0.39 is 25.4 Å². The average Bonchev–Trinajstić information content (AvgIpc) is 3.00. The summed E-state index contributed by atoms with van der Waals surface area (Å²) in [5.41, 5.74) is -0.746. The molecule has 3 aliphatic heterocycles. The maximum atomic E-state index is 13.0. The summed E-state index contributed by atoms with van der Waals surface area (Å²) in [5.74, 6) is 0.427. The van der Waals surface area contributed by atoms with Gasteiger partial charge in [0.1, 0.15) is 13.2 Å². The van der Waals surface area contributed by atoms with Gasteiger partial charge in [-0.1, -0.05) is 0 Å². The van der Waals surface area contributed by atoms with Crippen LogP contribution in [0.5, 0.6) is 11.5 Å². The molecule has 0 bridgehead atoms. The third kappa shape index (κ3) is 4.28. The first-order valence-corrected chi connectivity index (χ1v) is 13.3. The number of sulfone groups is 1. The molecule has 1 atom stereocenters. The van der Waals surface area contributed by atoms with Crippen LogP contribution in [0.2, 0.25) is 0 Å². The summed E-state index contributed by atoms with van der Waals surface area (Å²) < 4.78 is 61.8. The van der Waals surface area contributed by atoms with Gasteiger partial charge in [0.2, 0.25) is 15.9 Å². The summed E-state index contributed by atoms with van der Waals surface area (Å²) in [6.07, 6.45) is 1.18. The van der Waals surface area contributed by atoms with Gasteiger partial charge in [-0.3, -0.25) is 4.79 Å². The molecule has 0 spiro atoms. The minimum atomic E-state index is -3.71. The van der Waals surface area contributed by atoms with Crippen LogP contribution in [0, 0.1) is 5.92 Å². The van der Waals surface area contributed by atoms with Crippen LogP contribution in [0.25, 0.3) is 0 Å². The Morgan fingerprint density at radius 2 is 1.83 bits per heavy atom. The lowest BCUT2D eigenvalue weighted by Crippen LogP contribution is -2.51. The molecule has 2 saturated heterocycles. The molecule has 0 radical (unpaired) electrons. The highest BCUT2D eigenvalue weighted by atomic mass is 32.2. The van der Waals surface area contributed by atoms with Crippen LogP contribution in [-0.4, -0.2) is 70.4 Å². The molecule has 1 N–H and O–H groups in total. The van der Waals surface area contributed by atoms with Crippen molar-refractivity contribution in [2.24, 2.45) is 5.92 Å². The predicted octanol–water partition coefficient (Wildman–Crippen LogP) is 0.552. The summed E-state index contributed by atoms with van der Waals surface area (Å²) in [7, 11) is -6.82. The lowest BCUT2D eigenvalue weighted by atomic mass is 9.94. The normalized spacial score (nSPS) is 27.0. The number of fused-ring (bicyclic) bond motifs is 1. The molecule has 2 fully saturated rings. The van der Waals surface area contributed by atoms with Crippen molar-refractivity contribution in [3.8, 4) is 11.5 Å². The number of carbonyl (C=O) groups is 1. The van der Waals surface area contributed by atoms with Gasteiger partial charge in [0, 0.05) is 25.1 Å².